The van der Waals surface area contributed by atoms with Crippen LogP contribution in [0.15, 0.2) is 0 Å². The zero-order valence-electron chi connectivity index (χ0n) is 11.3. The molecule has 0 bridgehead atoms. The van der Waals surface area contributed by atoms with E-state index < -0.39 is 0 Å². The van der Waals surface area contributed by atoms with Crippen LogP contribution in [-0.4, -0.2) is 60.8 Å². The average molecular weight is 240 g/mol. The molecule has 1 aliphatic heterocycles. The van der Waals surface area contributed by atoms with Crippen LogP contribution in [0.5, 0.6) is 0 Å². The fraction of sp³-hybridized carbons (Fsp3) is 1.00. The van der Waals surface area contributed by atoms with Crippen molar-refractivity contribution in [2.45, 2.75) is 44.6 Å². The third kappa shape index (κ3) is 3.94. The van der Waals surface area contributed by atoms with Crippen molar-refractivity contribution in [2.75, 3.05) is 39.8 Å². The second-order valence-electron chi connectivity index (χ2n) is 5.90. The quantitative estimate of drug-likeness (QED) is 0.790. The molecule has 1 heterocycles. The highest BCUT2D eigenvalue weighted by Crippen LogP contribution is 2.27. The standard InChI is InChI=1S/C14H28N2O/c1-15-8-6-14(7-9-15)16(10-11-17)12-13-4-2-3-5-13/h13-14,17H,2-12H2,1H3. The van der Waals surface area contributed by atoms with Gasteiger partial charge in [0.05, 0.1) is 6.61 Å². The normalized spacial score (nSPS) is 24.9. The highest BCUT2D eigenvalue weighted by atomic mass is 16.3. The number of aliphatic hydroxyl groups is 1. The third-order valence-electron chi connectivity index (χ3n) is 4.56. The molecule has 1 N–H and O–H groups in total. The Morgan fingerprint density at radius 1 is 1.12 bits per heavy atom. The summed E-state index contributed by atoms with van der Waals surface area (Å²) in [6.45, 7) is 4.87. The predicted molar refractivity (Wildman–Crippen MR) is 71.1 cm³/mol. The number of hydrogen-bond acceptors (Lipinski definition) is 3. The molecular formula is C14H28N2O. The van der Waals surface area contributed by atoms with Crippen molar-refractivity contribution >= 4 is 0 Å². The fourth-order valence-corrected chi connectivity index (χ4v) is 3.44. The van der Waals surface area contributed by atoms with E-state index in [1.54, 1.807) is 0 Å². The number of rotatable bonds is 5. The van der Waals surface area contributed by atoms with Crippen molar-refractivity contribution in [3.05, 3.63) is 0 Å². The van der Waals surface area contributed by atoms with Gasteiger partial charge in [0.2, 0.25) is 0 Å². The van der Waals surface area contributed by atoms with E-state index in [-0.39, 0.29) is 0 Å². The maximum atomic E-state index is 9.24. The molecular weight excluding hydrogens is 212 g/mol. The Kier molecular flexibility index (Phi) is 5.26. The smallest absolute Gasteiger partial charge is 0.0558 e. The molecule has 1 saturated heterocycles. The lowest BCUT2D eigenvalue weighted by atomic mass is 10.0. The van der Waals surface area contributed by atoms with Crippen LogP contribution in [0.3, 0.4) is 0 Å². The molecule has 1 saturated carbocycles. The van der Waals surface area contributed by atoms with Crippen molar-refractivity contribution in [3.63, 3.8) is 0 Å². The molecule has 3 heteroatoms. The molecule has 0 unspecified atom stereocenters. The van der Waals surface area contributed by atoms with Gasteiger partial charge in [0, 0.05) is 19.1 Å². The Labute approximate surface area is 106 Å². The van der Waals surface area contributed by atoms with Crippen molar-refractivity contribution in [1.29, 1.82) is 0 Å². The first-order valence-electron chi connectivity index (χ1n) is 7.33. The van der Waals surface area contributed by atoms with E-state index in [0.717, 1.165) is 18.5 Å². The van der Waals surface area contributed by atoms with Gasteiger partial charge in [-0.25, -0.2) is 0 Å². The summed E-state index contributed by atoms with van der Waals surface area (Å²) in [4.78, 5) is 4.99. The van der Waals surface area contributed by atoms with E-state index in [9.17, 15) is 5.11 Å². The van der Waals surface area contributed by atoms with Crippen LogP contribution in [0, 0.1) is 5.92 Å². The van der Waals surface area contributed by atoms with Gasteiger partial charge in [-0.05, 0) is 51.7 Å². The number of hydrogen-bond donors (Lipinski definition) is 1. The molecule has 0 atom stereocenters. The molecule has 0 amide bonds. The van der Waals surface area contributed by atoms with Crippen LogP contribution < -0.4 is 0 Å². The first kappa shape index (κ1) is 13.3. The summed E-state index contributed by atoms with van der Waals surface area (Å²) < 4.78 is 0. The Morgan fingerprint density at radius 2 is 1.76 bits per heavy atom. The summed E-state index contributed by atoms with van der Waals surface area (Å²) in [5, 5.41) is 9.24. The van der Waals surface area contributed by atoms with Gasteiger partial charge in [-0.15, -0.1) is 0 Å². The van der Waals surface area contributed by atoms with Crippen LogP contribution in [0.1, 0.15) is 38.5 Å². The molecule has 0 radical (unpaired) electrons. The molecule has 17 heavy (non-hydrogen) atoms. The number of likely N-dealkylation sites (tertiary alicyclic amines) is 1. The van der Waals surface area contributed by atoms with E-state index in [1.807, 2.05) is 0 Å². The number of nitrogens with zero attached hydrogens (tertiary/aromatic N) is 2. The van der Waals surface area contributed by atoms with Crippen molar-refractivity contribution in [1.82, 2.24) is 9.80 Å². The first-order chi connectivity index (χ1) is 8.29. The molecule has 0 aromatic heterocycles. The highest BCUT2D eigenvalue weighted by molar-refractivity contribution is 4.81. The van der Waals surface area contributed by atoms with Gasteiger partial charge in [0.25, 0.3) is 0 Å². The minimum Gasteiger partial charge on any atom is -0.395 e. The van der Waals surface area contributed by atoms with E-state index >= 15 is 0 Å². The summed E-state index contributed by atoms with van der Waals surface area (Å²) >= 11 is 0. The number of aliphatic hydroxyl groups excluding tert-OH is 1. The molecule has 0 aromatic rings. The maximum absolute atomic E-state index is 9.24. The molecule has 2 aliphatic rings. The summed E-state index contributed by atoms with van der Waals surface area (Å²) in [7, 11) is 2.21. The third-order valence-corrected chi connectivity index (χ3v) is 4.56. The summed E-state index contributed by atoms with van der Waals surface area (Å²) in [5.74, 6) is 0.904. The SMILES string of the molecule is CN1CCC(N(CCO)CC2CCCC2)CC1. The lowest BCUT2D eigenvalue weighted by Gasteiger charge is -2.38. The van der Waals surface area contributed by atoms with Crippen LogP contribution in [0.4, 0.5) is 0 Å². The monoisotopic (exact) mass is 240 g/mol. The second-order valence-corrected chi connectivity index (χ2v) is 5.90. The molecule has 0 spiro atoms. The molecule has 3 nitrogen and oxygen atoms in total. The van der Waals surface area contributed by atoms with Gasteiger partial charge in [0.1, 0.15) is 0 Å². The van der Waals surface area contributed by atoms with Gasteiger partial charge < -0.3 is 10.0 Å². The van der Waals surface area contributed by atoms with E-state index in [4.69, 9.17) is 0 Å². The number of piperidine rings is 1. The Balaban J connectivity index is 1.82. The van der Waals surface area contributed by atoms with E-state index in [0.29, 0.717) is 6.61 Å². The van der Waals surface area contributed by atoms with Crippen molar-refractivity contribution in [3.8, 4) is 0 Å². The molecule has 100 valence electrons. The largest absolute Gasteiger partial charge is 0.395 e. The Bertz CT molecular complexity index is 208. The van der Waals surface area contributed by atoms with Gasteiger partial charge in [-0.3, -0.25) is 4.90 Å². The molecule has 1 aliphatic carbocycles. The first-order valence-corrected chi connectivity index (χ1v) is 7.33. The fourth-order valence-electron chi connectivity index (χ4n) is 3.44. The maximum Gasteiger partial charge on any atom is 0.0558 e. The van der Waals surface area contributed by atoms with Crippen LogP contribution in [0.25, 0.3) is 0 Å². The summed E-state index contributed by atoms with van der Waals surface area (Å²) in [6.07, 6.45) is 8.23. The van der Waals surface area contributed by atoms with Crippen molar-refractivity contribution in [2.24, 2.45) is 5.92 Å². The molecule has 2 fully saturated rings. The summed E-state index contributed by atoms with van der Waals surface area (Å²) in [6, 6.07) is 0.721. The van der Waals surface area contributed by atoms with Crippen LogP contribution >= 0.6 is 0 Å². The van der Waals surface area contributed by atoms with Crippen LogP contribution in [-0.2, 0) is 0 Å². The Hall–Kier alpha value is -0.120. The minimum absolute atomic E-state index is 0.319. The van der Waals surface area contributed by atoms with E-state index in [1.165, 1.54) is 58.2 Å². The van der Waals surface area contributed by atoms with Gasteiger partial charge in [-0.1, -0.05) is 12.8 Å². The lowest BCUT2D eigenvalue weighted by molar-refractivity contribution is 0.0865. The summed E-state index contributed by atoms with van der Waals surface area (Å²) in [5.41, 5.74) is 0. The Morgan fingerprint density at radius 3 is 2.35 bits per heavy atom. The highest BCUT2D eigenvalue weighted by Gasteiger charge is 2.26. The second kappa shape index (κ2) is 6.72. The van der Waals surface area contributed by atoms with Gasteiger partial charge >= 0.3 is 0 Å². The zero-order valence-corrected chi connectivity index (χ0v) is 11.3. The lowest BCUT2D eigenvalue weighted by Crippen LogP contribution is -2.46. The predicted octanol–water partition coefficient (Wildman–Crippen LogP) is 1.57. The van der Waals surface area contributed by atoms with Crippen molar-refractivity contribution < 1.29 is 5.11 Å². The van der Waals surface area contributed by atoms with Crippen LogP contribution in [0.2, 0.25) is 0 Å². The topological polar surface area (TPSA) is 26.7 Å². The van der Waals surface area contributed by atoms with Gasteiger partial charge in [0.15, 0.2) is 0 Å². The molecule has 0 aromatic carbocycles. The average Bonchev–Trinajstić information content (AvgIpc) is 2.82. The van der Waals surface area contributed by atoms with Gasteiger partial charge in [-0.2, -0.15) is 0 Å². The molecule has 2 rings (SSSR count). The van der Waals surface area contributed by atoms with E-state index in [2.05, 4.69) is 16.8 Å². The minimum atomic E-state index is 0.319. The zero-order chi connectivity index (χ0) is 12.1.